The van der Waals surface area contributed by atoms with Gasteiger partial charge in [-0.1, -0.05) is 42.1 Å². The van der Waals surface area contributed by atoms with Gasteiger partial charge in [0.05, 0.1) is 23.4 Å². The van der Waals surface area contributed by atoms with Crippen molar-refractivity contribution in [3.05, 3.63) is 83.3 Å². The first-order chi connectivity index (χ1) is 17.0. The number of rotatable bonds is 7. The molecule has 1 unspecified atom stereocenters. The lowest BCUT2D eigenvalue weighted by Crippen LogP contribution is -2.22. The highest BCUT2D eigenvalue weighted by Gasteiger charge is 2.22. The summed E-state index contributed by atoms with van der Waals surface area (Å²) in [6.45, 7) is 1.81. The number of fused-ring (bicyclic) bond motifs is 1. The molecule has 35 heavy (non-hydrogen) atoms. The van der Waals surface area contributed by atoms with Crippen molar-refractivity contribution < 1.29 is 9.53 Å². The minimum Gasteiger partial charge on any atom is -0.497 e. The van der Waals surface area contributed by atoms with E-state index >= 15 is 0 Å². The van der Waals surface area contributed by atoms with Gasteiger partial charge in [0, 0.05) is 16.9 Å². The SMILES string of the molecule is COc1cccc(-c2nnc(SC(C)C(=O)Nc3ccc4[nH]c(=O)[nH]c4c3)n2-c2ccccc2)c1. The molecule has 0 saturated carbocycles. The molecule has 10 heteroatoms. The first-order valence-electron chi connectivity index (χ1n) is 10.9. The van der Waals surface area contributed by atoms with Crippen molar-refractivity contribution in [1.82, 2.24) is 24.7 Å². The molecule has 3 aromatic carbocycles. The second-order valence-corrected chi connectivity index (χ2v) is 9.11. The summed E-state index contributed by atoms with van der Waals surface area (Å²) in [5, 5.41) is 11.9. The maximum atomic E-state index is 13.0. The number of aromatic nitrogens is 5. The third kappa shape index (κ3) is 4.69. The van der Waals surface area contributed by atoms with Crippen LogP contribution in [0.15, 0.2) is 82.7 Å². The normalized spacial score (nSPS) is 11.9. The number of anilines is 1. The van der Waals surface area contributed by atoms with Crippen LogP contribution in [0, 0.1) is 0 Å². The van der Waals surface area contributed by atoms with Crippen LogP contribution in [0.2, 0.25) is 0 Å². The number of aromatic amines is 2. The number of ether oxygens (including phenoxy) is 1. The number of nitrogens with one attached hydrogen (secondary N) is 3. The number of carbonyl (C=O) groups excluding carboxylic acids is 1. The Hall–Kier alpha value is -4.31. The second-order valence-electron chi connectivity index (χ2n) is 7.80. The zero-order chi connectivity index (χ0) is 24.4. The Labute approximate surface area is 204 Å². The third-order valence-corrected chi connectivity index (χ3v) is 6.45. The van der Waals surface area contributed by atoms with Crippen LogP contribution < -0.4 is 15.7 Å². The molecule has 0 fully saturated rings. The van der Waals surface area contributed by atoms with Gasteiger partial charge in [-0.2, -0.15) is 0 Å². The van der Waals surface area contributed by atoms with Crippen LogP contribution in [-0.2, 0) is 4.79 Å². The number of hydrogen-bond acceptors (Lipinski definition) is 6. The van der Waals surface area contributed by atoms with E-state index in [1.54, 1.807) is 25.3 Å². The van der Waals surface area contributed by atoms with Gasteiger partial charge in [0.1, 0.15) is 5.75 Å². The molecule has 0 saturated heterocycles. The third-order valence-electron chi connectivity index (χ3n) is 5.41. The van der Waals surface area contributed by atoms with Gasteiger partial charge in [0.15, 0.2) is 11.0 Å². The van der Waals surface area contributed by atoms with Crippen molar-refractivity contribution in [1.29, 1.82) is 0 Å². The number of H-pyrrole nitrogens is 2. The summed E-state index contributed by atoms with van der Waals surface area (Å²) < 4.78 is 7.30. The van der Waals surface area contributed by atoms with E-state index in [0.717, 1.165) is 11.3 Å². The summed E-state index contributed by atoms with van der Waals surface area (Å²) in [4.78, 5) is 29.9. The van der Waals surface area contributed by atoms with Gasteiger partial charge in [-0.15, -0.1) is 10.2 Å². The van der Waals surface area contributed by atoms with Gasteiger partial charge in [-0.3, -0.25) is 9.36 Å². The van der Waals surface area contributed by atoms with E-state index in [0.29, 0.717) is 33.5 Å². The topological polar surface area (TPSA) is 118 Å². The van der Waals surface area contributed by atoms with E-state index < -0.39 is 5.25 Å². The predicted molar refractivity (Wildman–Crippen MR) is 136 cm³/mol. The molecule has 3 N–H and O–H groups in total. The van der Waals surface area contributed by atoms with Crippen molar-refractivity contribution in [3.8, 4) is 22.8 Å². The Kier molecular flexibility index (Phi) is 6.11. The zero-order valence-corrected chi connectivity index (χ0v) is 19.8. The van der Waals surface area contributed by atoms with Crippen LogP contribution in [0.5, 0.6) is 5.75 Å². The Balaban J connectivity index is 1.43. The second kappa shape index (κ2) is 9.51. The standard InChI is InChI=1S/C25H22N6O3S/c1-15(23(32)26-17-11-12-20-21(14-17)28-24(33)27-20)35-25-30-29-22(16-7-6-10-19(13-16)34-2)31(25)18-8-4-3-5-9-18/h3-15H,1-2H3,(H,26,32)(H2,27,28,33). The van der Waals surface area contributed by atoms with Gasteiger partial charge < -0.3 is 20.0 Å². The van der Waals surface area contributed by atoms with Crippen LogP contribution in [0.1, 0.15) is 6.92 Å². The molecule has 5 aromatic rings. The Morgan fingerprint density at radius 1 is 1.00 bits per heavy atom. The van der Waals surface area contributed by atoms with Crippen LogP contribution in [0.25, 0.3) is 28.1 Å². The van der Waals surface area contributed by atoms with Gasteiger partial charge in [0.25, 0.3) is 0 Å². The molecular formula is C25H22N6O3S. The van der Waals surface area contributed by atoms with Crippen LogP contribution in [0.3, 0.4) is 0 Å². The van der Waals surface area contributed by atoms with E-state index in [-0.39, 0.29) is 11.6 Å². The Morgan fingerprint density at radius 2 is 1.80 bits per heavy atom. The molecular weight excluding hydrogens is 464 g/mol. The first-order valence-corrected chi connectivity index (χ1v) is 11.7. The average Bonchev–Trinajstić information content (AvgIpc) is 3.46. The molecule has 0 radical (unpaired) electrons. The van der Waals surface area contributed by atoms with Crippen LogP contribution >= 0.6 is 11.8 Å². The number of nitrogens with zero attached hydrogens (tertiary/aromatic N) is 3. The zero-order valence-electron chi connectivity index (χ0n) is 19.0. The molecule has 0 aliphatic heterocycles. The summed E-state index contributed by atoms with van der Waals surface area (Å²) in [5.41, 5.74) is 3.33. The highest BCUT2D eigenvalue weighted by atomic mass is 32.2. The molecule has 1 atom stereocenters. The highest BCUT2D eigenvalue weighted by Crippen LogP contribution is 2.31. The summed E-state index contributed by atoms with van der Waals surface area (Å²) in [7, 11) is 1.62. The number of imidazole rings is 1. The largest absolute Gasteiger partial charge is 0.497 e. The number of hydrogen-bond donors (Lipinski definition) is 3. The molecule has 9 nitrogen and oxygen atoms in total. The van der Waals surface area contributed by atoms with Gasteiger partial charge in [-0.05, 0) is 49.4 Å². The number of benzene rings is 3. The number of para-hydroxylation sites is 1. The van der Waals surface area contributed by atoms with Crippen molar-refractivity contribution in [2.45, 2.75) is 17.3 Å². The summed E-state index contributed by atoms with van der Waals surface area (Å²) >= 11 is 1.31. The van der Waals surface area contributed by atoms with Gasteiger partial charge in [0.2, 0.25) is 5.91 Å². The molecule has 176 valence electrons. The summed E-state index contributed by atoms with van der Waals surface area (Å²) in [6, 6.07) is 22.6. The fraction of sp³-hybridized carbons (Fsp3) is 0.120. The number of amides is 1. The summed E-state index contributed by atoms with van der Waals surface area (Å²) in [6.07, 6.45) is 0. The number of methoxy groups -OCH3 is 1. The first kappa shape index (κ1) is 22.5. The minimum absolute atomic E-state index is 0.197. The van der Waals surface area contributed by atoms with Crippen molar-refractivity contribution >= 4 is 34.4 Å². The maximum Gasteiger partial charge on any atom is 0.323 e. The maximum absolute atomic E-state index is 13.0. The van der Waals surface area contributed by atoms with Crippen molar-refractivity contribution in [3.63, 3.8) is 0 Å². The van der Waals surface area contributed by atoms with E-state index in [1.165, 1.54) is 11.8 Å². The fourth-order valence-corrected chi connectivity index (χ4v) is 4.54. The van der Waals surface area contributed by atoms with Gasteiger partial charge >= 0.3 is 5.69 Å². The molecule has 2 heterocycles. The minimum atomic E-state index is -0.471. The molecule has 0 aliphatic carbocycles. The lowest BCUT2D eigenvalue weighted by atomic mass is 10.2. The summed E-state index contributed by atoms with van der Waals surface area (Å²) in [5.74, 6) is 1.16. The van der Waals surface area contributed by atoms with E-state index in [4.69, 9.17) is 4.74 Å². The quantitative estimate of drug-likeness (QED) is 0.296. The fourth-order valence-electron chi connectivity index (χ4n) is 3.67. The van der Waals surface area contributed by atoms with E-state index in [2.05, 4.69) is 25.5 Å². The van der Waals surface area contributed by atoms with E-state index in [9.17, 15) is 9.59 Å². The van der Waals surface area contributed by atoms with Crippen LogP contribution in [0.4, 0.5) is 5.69 Å². The lowest BCUT2D eigenvalue weighted by molar-refractivity contribution is -0.115. The Morgan fingerprint density at radius 3 is 2.60 bits per heavy atom. The molecule has 1 amide bonds. The molecule has 0 aliphatic rings. The molecule has 0 spiro atoms. The average molecular weight is 487 g/mol. The number of carbonyl (C=O) groups is 1. The predicted octanol–water partition coefficient (Wildman–Crippen LogP) is 4.23. The molecule has 0 bridgehead atoms. The lowest BCUT2D eigenvalue weighted by Gasteiger charge is -2.14. The van der Waals surface area contributed by atoms with Gasteiger partial charge in [-0.25, -0.2) is 4.79 Å². The molecule has 5 rings (SSSR count). The highest BCUT2D eigenvalue weighted by molar-refractivity contribution is 8.00. The van der Waals surface area contributed by atoms with Crippen molar-refractivity contribution in [2.24, 2.45) is 0 Å². The van der Waals surface area contributed by atoms with E-state index in [1.807, 2.05) is 66.1 Å². The smallest absolute Gasteiger partial charge is 0.323 e. The van der Waals surface area contributed by atoms with Crippen LogP contribution in [-0.4, -0.2) is 43.0 Å². The Bertz CT molecular complexity index is 1560. The van der Waals surface area contributed by atoms with Crippen molar-refractivity contribution in [2.75, 3.05) is 12.4 Å². The molecule has 2 aromatic heterocycles. The number of thioether (sulfide) groups is 1. The monoisotopic (exact) mass is 486 g/mol.